The molecule has 0 spiro atoms. The lowest BCUT2D eigenvalue weighted by Gasteiger charge is -2.37. The van der Waals surface area contributed by atoms with E-state index in [0.717, 1.165) is 38.1 Å². The Bertz CT molecular complexity index is 266. The molecule has 1 heterocycles. The minimum atomic E-state index is 0.226. The first-order valence-electron chi connectivity index (χ1n) is 7.34. The summed E-state index contributed by atoms with van der Waals surface area (Å²) in [6.45, 7) is 6.87. The molecule has 18 heavy (non-hydrogen) atoms. The Kier molecular flexibility index (Phi) is 5.01. The van der Waals surface area contributed by atoms with Gasteiger partial charge < -0.3 is 10.2 Å². The highest BCUT2D eigenvalue weighted by Gasteiger charge is 2.24. The monoisotopic (exact) mass is 253 g/mol. The van der Waals surface area contributed by atoms with Gasteiger partial charge in [-0.15, -0.1) is 0 Å². The van der Waals surface area contributed by atoms with Crippen molar-refractivity contribution in [2.45, 2.75) is 38.6 Å². The quantitative estimate of drug-likeness (QED) is 0.813. The Labute approximate surface area is 111 Å². The molecule has 0 unspecified atom stereocenters. The first-order chi connectivity index (χ1) is 8.69. The summed E-state index contributed by atoms with van der Waals surface area (Å²) in [5.41, 5.74) is 0. The van der Waals surface area contributed by atoms with Crippen molar-refractivity contribution >= 4 is 5.91 Å². The topological polar surface area (TPSA) is 35.6 Å². The van der Waals surface area contributed by atoms with Crippen LogP contribution in [-0.2, 0) is 4.79 Å². The summed E-state index contributed by atoms with van der Waals surface area (Å²) in [5.74, 6) is 1.10. The summed E-state index contributed by atoms with van der Waals surface area (Å²) in [7, 11) is 2.08. The number of rotatable bonds is 3. The molecule has 2 fully saturated rings. The van der Waals surface area contributed by atoms with Crippen molar-refractivity contribution in [3.8, 4) is 0 Å². The molecule has 0 aromatic carbocycles. The molecule has 1 saturated heterocycles. The van der Waals surface area contributed by atoms with Crippen molar-refractivity contribution in [1.29, 1.82) is 0 Å². The summed E-state index contributed by atoms with van der Waals surface area (Å²) in [6, 6.07) is 0.746. The standard InChI is InChI=1S/C14H27N3O/c1-12(18)17-9-7-16(8-10-17)11-13-3-5-14(15-2)6-4-13/h13-15H,3-11H2,1-2H3. The first kappa shape index (κ1) is 13.8. The second kappa shape index (κ2) is 6.53. The third-order valence-corrected chi connectivity index (χ3v) is 4.59. The Hall–Kier alpha value is -0.610. The number of piperazine rings is 1. The minimum Gasteiger partial charge on any atom is -0.340 e. The first-order valence-corrected chi connectivity index (χ1v) is 7.34. The maximum absolute atomic E-state index is 11.3. The molecule has 4 nitrogen and oxygen atoms in total. The van der Waals surface area contributed by atoms with Crippen molar-refractivity contribution in [3.63, 3.8) is 0 Å². The van der Waals surface area contributed by atoms with E-state index in [4.69, 9.17) is 0 Å². The van der Waals surface area contributed by atoms with E-state index < -0.39 is 0 Å². The van der Waals surface area contributed by atoms with E-state index >= 15 is 0 Å². The van der Waals surface area contributed by atoms with Crippen LogP contribution in [-0.4, -0.2) is 61.5 Å². The molecular formula is C14H27N3O. The van der Waals surface area contributed by atoms with Crippen LogP contribution < -0.4 is 5.32 Å². The van der Waals surface area contributed by atoms with Crippen molar-refractivity contribution in [3.05, 3.63) is 0 Å². The molecular weight excluding hydrogens is 226 g/mol. The fraction of sp³-hybridized carbons (Fsp3) is 0.929. The fourth-order valence-corrected chi connectivity index (χ4v) is 3.24. The van der Waals surface area contributed by atoms with Crippen molar-refractivity contribution < 1.29 is 4.79 Å². The highest BCUT2D eigenvalue weighted by molar-refractivity contribution is 5.73. The molecule has 2 aliphatic rings. The van der Waals surface area contributed by atoms with E-state index in [1.807, 2.05) is 4.90 Å². The number of hydrogen-bond donors (Lipinski definition) is 1. The van der Waals surface area contributed by atoms with Crippen LogP contribution in [0, 0.1) is 5.92 Å². The zero-order valence-electron chi connectivity index (χ0n) is 11.8. The maximum Gasteiger partial charge on any atom is 0.219 e. The molecule has 1 aliphatic carbocycles. The SMILES string of the molecule is CNC1CCC(CN2CCN(C(C)=O)CC2)CC1. The fourth-order valence-electron chi connectivity index (χ4n) is 3.24. The van der Waals surface area contributed by atoms with E-state index in [1.54, 1.807) is 6.92 Å². The van der Waals surface area contributed by atoms with Crippen LogP contribution in [0.2, 0.25) is 0 Å². The van der Waals surface area contributed by atoms with Crippen LogP contribution in [0.15, 0.2) is 0 Å². The van der Waals surface area contributed by atoms with Crippen molar-refractivity contribution in [2.24, 2.45) is 5.92 Å². The summed E-state index contributed by atoms with van der Waals surface area (Å²) in [5, 5.41) is 3.39. The summed E-state index contributed by atoms with van der Waals surface area (Å²) < 4.78 is 0. The molecule has 0 radical (unpaired) electrons. The van der Waals surface area contributed by atoms with Gasteiger partial charge >= 0.3 is 0 Å². The molecule has 1 aliphatic heterocycles. The van der Waals surface area contributed by atoms with E-state index in [0.29, 0.717) is 0 Å². The number of amides is 1. The third-order valence-electron chi connectivity index (χ3n) is 4.59. The van der Waals surface area contributed by atoms with E-state index in [1.165, 1.54) is 32.2 Å². The van der Waals surface area contributed by atoms with Crippen LogP contribution in [0.5, 0.6) is 0 Å². The number of carbonyl (C=O) groups excluding carboxylic acids is 1. The van der Waals surface area contributed by atoms with Gasteiger partial charge in [0.1, 0.15) is 0 Å². The van der Waals surface area contributed by atoms with E-state index in [-0.39, 0.29) is 5.91 Å². The molecule has 1 amide bonds. The number of hydrogen-bond acceptors (Lipinski definition) is 3. The average molecular weight is 253 g/mol. The van der Waals surface area contributed by atoms with Gasteiger partial charge in [0.15, 0.2) is 0 Å². The summed E-state index contributed by atoms with van der Waals surface area (Å²) >= 11 is 0. The van der Waals surface area contributed by atoms with Crippen LogP contribution in [0.1, 0.15) is 32.6 Å². The summed E-state index contributed by atoms with van der Waals surface area (Å²) in [6.07, 6.45) is 5.38. The van der Waals surface area contributed by atoms with Gasteiger partial charge in [0.05, 0.1) is 0 Å². The lowest BCUT2D eigenvalue weighted by Crippen LogP contribution is -2.49. The number of nitrogens with one attached hydrogen (secondary N) is 1. The van der Waals surface area contributed by atoms with Gasteiger partial charge in [-0.1, -0.05) is 0 Å². The van der Waals surface area contributed by atoms with E-state index in [2.05, 4.69) is 17.3 Å². The molecule has 104 valence electrons. The second-order valence-electron chi connectivity index (χ2n) is 5.81. The Morgan fingerprint density at radius 3 is 2.22 bits per heavy atom. The molecule has 0 aromatic rings. The van der Waals surface area contributed by atoms with Crippen molar-refractivity contribution in [1.82, 2.24) is 15.1 Å². The smallest absolute Gasteiger partial charge is 0.219 e. The lowest BCUT2D eigenvalue weighted by atomic mass is 9.85. The normalized spacial score (nSPS) is 30.4. The summed E-state index contributed by atoms with van der Waals surface area (Å²) in [4.78, 5) is 15.8. The maximum atomic E-state index is 11.3. The van der Waals surface area contributed by atoms with Gasteiger partial charge in [0.2, 0.25) is 5.91 Å². The second-order valence-corrected chi connectivity index (χ2v) is 5.81. The van der Waals surface area contributed by atoms with Gasteiger partial charge in [-0.05, 0) is 38.6 Å². The number of carbonyl (C=O) groups is 1. The Morgan fingerprint density at radius 2 is 1.72 bits per heavy atom. The predicted molar refractivity (Wildman–Crippen MR) is 73.5 cm³/mol. The highest BCUT2D eigenvalue weighted by Crippen LogP contribution is 2.25. The lowest BCUT2D eigenvalue weighted by molar-refractivity contribution is -0.130. The number of nitrogens with zero attached hydrogens (tertiary/aromatic N) is 2. The van der Waals surface area contributed by atoms with Crippen LogP contribution >= 0.6 is 0 Å². The largest absolute Gasteiger partial charge is 0.340 e. The van der Waals surface area contributed by atoms with Gasteiger partial charge in [-0.3, -0.25) is 9.69 Å². The average Bonchev–Trinajstić information content (AvgIpc) is 2.40. The zero-order chi connectivity index (χ0) is 13.0. The highest BCUT2D eigenvalue weighted by atomic mass is 16.2. The van der Waals surface area contributed by atoms with Gasteiger partial charge in [0, 0.05) is 45.7 Å². The molecule has 0 aromatic heterocycles. The molecule has 1 saturated carbocycles. The molecule has 2 rings (SSSR count). The van der Waals surface area contributed by atoms with Gasteiger partial charge in [-0.2, -0.15) is 0 Å². The van der Waals surface area contributed by atoms with Crippen LogP contribution in [0.4, 0.5) is 0 Å². The molecule has 0 bridgehead atoms. The van der Waals surface area contributed by atoms with Crippen LogP contribution in [0.25, 0.3) is 0 Å². The Morgan fingerprint density at radius 1 is 1.11 bits per heavy atom. The van der Waals surface area contributed by atoms with Gasteiger partial charge in [-0.25, -0.2) is 0 Å². The van der Waals surface area contributed by atoms with Gasteiger partial charge in [0.25, 0.3) is 0 Å². The minimum absolute atomic E-state index is 0.226. The predicted octanol–water partition coefficient (Wildman–Crippen LogP) is 0.929. The molecule has 1 N–H and O–H groups in total. The van der Waals surface area contributed by atoms with Crippen LogP contribution in [0.3, 0.4) is 0 Å². The van der Waals surface area contributed by atoms with E-state index in [9.17, 15) is 4.79 Å². The molecule has 4 heteroatoms. The van der Waals surface area contributed by atoms with Crippen molar-refractivity contribution in [2.75, 3.05) is 39.8 Å². The zero-order valence-corrected chi connectivity index (χ0v) is 11.8. The Balaban J connectivity index is 1.67. The molecule has 0 atom stereocenters. The third kappa shape index (κ3) is 3.69.